The van der Waals surface area contributed by atoms with Gasteiger partial charge < -0.3 is 15.0 Å². The summed E-state index contributed by atoms with van der Waals surface area (Å²) in [4.78, 5) is 14.0. The molecule has 0 amide bonds. The maximum atomic E-state index is 13.1. The molecule has 124 valence electrons. The lowest BCUT2D eigenvalue weighted by atomic mass is 9.88. The van der Waals surface area contributed by atoms with Gasteiger partial charge in [-0.15, -0.1) is 11.3 Å². The number of hydrogen-bond acceptors (Lipinski definition) is 5. The number of fused-ring (bicyclic) bond motifs is 3. The fourth-order valence-electron chi connectivity index (χ4n) is 3.19. The number of nitrogens with zero attached hydrogens (tertiary/aromatic N) is 2. The number of pyridine rings is 1. The molecule has 1 unspecified atom stereocenters. The van der Waals surface area contributed by atoms with Crippen molar-refractivity contribution < 1.29 is 4.74 Å². The lowest BCUT2D eigenvalue weighted by Crippen LogP contribution is -2.30. The molecule has 1 aromatic carbocycles. The second-order valence-electron chi connectivity index (χ2n) is 5.72. The monoisotopic (exact) mass is 413 g/mol. The van der Waals surface area contributed by atoms with E-state index in [0.717, 1.165) is 20.3 Å². The van der Waals surface area contributed by atoms with Crippen molar-refractivity contribution >= 4 is 38.2 Å². The quantitative estimate of drug-likeness (QED) is 0.660. The summed E-state index contributed by atoms with van der Waals surface area (Å²) in [6.07, 6.45) is 0. The van der Waals surface area contributed by atoms with Crippen LogP contribution in [0.15, 0.2) is 56.4 Å². The Labute approximate surface area is 155 Å². The van der Waals surface area contributed by atoms with Gasteiger partial charge in [0.05, 0.1) is 17.0 Å². The van der Waals surface area contributed by atoms with Gasteiger partial charge in [0.1, 0.15) is 17.4 Å². The van der Waals surface area contributed by atoms with Gasteiger partial charge in [0, 0.05) is 27.2 Å². The van der Waals surface area contributed by atoms with Crippen LogP contribution in [0.4, 0.5) is 0 Å². The summed E-state index contributed by atoms with van der Waals surface area (Å²) >= 11 is 4.90. The van der Waals surface area contributed by atoms with Crippen LogP contribution in [0.5, 0.6) is 5.75 Å². The number of thiophene rings is 1. The summed E-state index contributed by atoms with van der Waals surface area (Å²) in [6.45, 7) is 0. The lowest BCUT2D eigenvalue weighted by molar-refractivity contribution is 0.396. The number of ether oxygens (including phenoxy) is 1. The third-order valence-corrected chi connectivity index (χ3v) is 6.10. The molecule has 1 aliphatic heterocycles. The van der Waals surface area contributed by atoms with Crippen LogP contribution in [0.25, 0.3) is 10.9 Å². The van der Waals surface area contributed by atoms with Crippen molar-refractivity contribution in [1.29, 1.82) is 5.26 Å². The Hall–Kier alpha value is -2.56. The lowest BCUT2D eigenvalue weighted by Gasteiger charge is -2.26. The Balaban J connectivity index is 2.14. The molecule has 5 nitrogen and oxygen atoms in total. The number of benzene rings is 1. The van der Waals surface area contributed by atoms with Crippen LogP contribution in [0, 0.1) is 11.3 Å². The number of para-hydroxylation sites is 1. The molecule has 0 spiro atoms. The molecule has 0 aliphatic carbocycles. The minimum absolute atomic E-state index is 0.0444. The highest BCUT2D eigenvalue weighted by atomic mass is 79.9. The Morgan fingerprint density at radius 1 is 1.40 bits per heavy atom. The van der Waals surface area contributed by atoms with Crippen molar-refractivity contribution in [2.24, 2.45) is 12.8 Å². The van der Waals surface area contributed by atoms with E-state index in [9.17, 15) is 10.1 Å². The van der Waals surface area contributed by atoms with Gasteiger partial charge in [-0.2, -0.15) is 5.26 Å². The van der Waals surface area contributed by atoms with E-state index in [4.69, 9.17) is 10.5 Å². The number of hydrogen-bond donors (Lipinski definition) is 1. The highest BCUT2D eigenvalue weighted by molar-refractivity contribution is 9.10. The van der Waals surface area contributed by atoms with Crippen LogP contribution >= 0.6 is 27.3 Å². The highest BCUT2D eigenvalue weighted by Gasteiger charge is 2.35. The summed E-state index contributed by atoms with van der Waals surface area (Å²) in [5.41, 5.74) is 7.31. The fourth-order valence-corrected chi connectivity index (χ4v) is 4.75. The van der Waals surface area contributed by atoms with Crippen molar-refractivity contribution in [3.63, 3.8) is 0 Å². The molecule has 0 bridgehead atoms. The molecule has 0 fully saturated rings. The Morgan fingerprint density at radius 3 is 2.84 bits per heavy atom. The van der Waals surface area contributed by atoms with Crippen LogP contribution in [0.3, 0.4) is 0 Å². The van der Waals surface area contributed by atoms with Gasteiger partial charge in [-0.25, -0.2) is 0 Å². The molecule has 2 N–H and O–H groups in total. The van der Waals surface area contributed by atoms with Crippen molar-refractivity contribution in [2.45, 2.75) is 5.92 Å². The first-order valence-electron chi connectivity index (χ1n) is 7.46. The summed E-state index contributed by atoms with van der Waals surface area (Å²) in [7, 11) is 1.72. The van der Waals surface area contributed by atoms with Gasteiger partial charge in [-0.05, 0) is 34.1 Å². The first kappa shape index (κ1) is 15.9. The molecule has 1 atom stereocenters. The van der Waals surface area contributed by atoms with E-state index in [-0.39, 0.29) is 17.0 Å². The minimum Gasteiger partial charge on any atom is -0.439 e. The SMILES string of the molecule is Cn1c(=O)c2c(c3ccccc31)OC(N)=C(C#N)C2c1cc(Br)cs1. The van der Waals surface area contributed by atoms with Crippen LogP contribution in [0.2, 0.25) is 0 Å². The topological polar surface area (TPSA) is 81.0 Å². The molecule has 25 heavy (non-hydrogen) atoms. The molecule has 0 saturated heterocycles. The first-order chi connectivity index (χ1) is 12.0. The van der Waals surface area contributed by atoms with E-state index < -0.39 is 5.92 Å². The van der Waals surface area contributed by atoms with Crippen molar-refractivity contribution in [3.05, 3.63) is 72.4 Å². The number of nitriles is 1. The van der Waals surface area contributed by atoms with E-state index in [1.165, 1.54) is 11.3 Å². The Kier molecular flexibility index (Phi) is 3.67. The largest absolute Gasteiger partial charge is 0.439 e. The molecule has 7 heteroatoms. The second kappa shape index (κ2) is 5.76. The minimum atomic E-state index is -0.534. The molecule has 3 heterocycles. The molecule has 2 aromatic heterocycles. The smallest absolute Gasteiger partial charge is 0.258 e. The Morgan fingerprint density at radius 2 is 2.16 bits per heavy atom. The van der Waals surface area contributed by atoms with Gasteiger partial charge in [0.25, 0.3) is 5.56 Å². The molecular weight excluding hydrogens is 402 g/mol. The van der Waals surface area contributed by atoms with Crippen LogP contribution in [-0.4, -0.2) is 4.57 Å². The third-order valence-electron chi connectivity index (χ3n) is 4.34. The fraction of sp³-hybridized carbons (Fsp3) is 0.111. The maximum Gasteiger partial charge on any atom is 0.258 e. The van der Waals surface area contributed by atoms with Crippen molar-refractivity contribution in [2.75, 3.05) is 0 Å². The Bertz CT molecular complexity index is 1150. The van der Waals surface area contributed by atoms with Gasteiger partial charge in [0.15, 0.2) is 0 Å². The molecule has 0 radical (unpaired) electrons. The summed E-state index contributed by atoms with van der Waals surface area (Å²) in [5.74, 6) is -0.0546. The molecule has 4 rings (SSSR count). The van der Waals surface area contributed by atoms with E-state index in [1.807, 2.05) is 35.7 Å². The molecule has 0 saturated carbocycles. The predicted molar refractivity (Wildman–Crippen MR) is 101 cm³/mol. The summed E-state index contributed by atoms with van der Waals surface area (Å²) in [5, 5.41) is 12.3. The zero-order valence-electron chi connectivity index (χ0n) is 13.1. The third kappa shape index (κ3) is 2.29. The zero-order valence-corrected chi connectivity index (χ0v) is 15.5. The van der Waals surface area contributed by atoms with Gasteiger partial charge >= 0.3 is 0 Å². The van der Waals surface area contributed by atoms with Crippen LogP contribution < -0.4 is 16.0 Å². The van der Waals surface area contributed by atoms with Crippen LogP contribution in [-0.2, 0) is 7.05 Å². The summed E-state index contributed by atoms with van der Waals surface area (Å²) < 4.78 is 8.24. The number of aromatic nitrogens is 1. The van der Waals surface area contributed by atoms with E-state index >= 15 is 0 Å². The van der Waals surface area contributed by atoms with Gasteiger partial charge in [0.2, 0.25) is 5.88 Å². The van der Waals surface area contributed by atoms with Crippen LogP contribution in [0.1, 0.15) is 16.4 Å². The number of rotatable bonds is 1. The first-order valence-corrected chi connectivity index (χ1v) is 9.13. The number of allylic oxidation sites excluding steroid dienone is 1. The maximum absolute atomic E-state index is 13.1. The highest BCUT2D eigenvalue weighted by Crippen LogP contribution is 2.45. The molecule has 3 aromatic rings. The number of aryl methyl sites for hydroxylation is 1. The van der Waals surface area contributed by atoms with Gasteiger partial charge in [-0.3, -0.25) is 4.79 Å². The van der Waals surface area contributed by atoms with E-state index in [2.05, 4.69) is 22.0 Å². The standard InChI is InChI=1S/C18H12BrN3O2S/c1-22-12-5-3-2-4-10(12)16-15(18(22)23)14(11(7-20)17(21)24-16)13-6-9(19)8-25-13/h2-6,8,14H,21H2,1H3. The van der Waals surface area contributed by atoms with Crippen molar-refractivity contribution in [1.82, 2.24) is 4.57 Å². The number of nitrogens with two attached hydrogens (primary N) is 1. The second-order valence-corrected chi connectivity index (χ2v) is 7.57. The average Bonchev–Trinajstić information content (AvgIpc) is 3.04. The van der Waals surface area contributed by atoms with Gasteiger partial charge in [-0.1, -0.05) is 12.1 Å². The zero-order chi connectivity index (χ0) is 17.7. The summed E-state index contributed by atoms with van der Waals surface area (Å²) in [6, 6.07) is 11.5. The number of halogens is 1. The predicted octanol–water partition coefficient (Wildman–Crippen LogP) is 3.58. The molecule has 1 aliphatic rings. The van der Waals surface area contributed by atoms with Crippen molar-refractivity contribution in [3.8, 4) is 11.8 Å². The van der Waals surface area contributed by atoms with E-state index in [1.54, 1.807) is 11.6 Å². The average molecular weight is 414 g/mol. The van der Waals surface area contributed by atoms with E-state index in [0.29, 0.717) is 11.3 Å². The normalized spacial score (nSPS) is 16.4. The molecular formula is C18H12BrN3O2S.